The van der Waals surface area contributed by atoms with Crippen LogP contribution in [0.15, 0.2) is 29.1 Å². The van der Waals surface area contributed by atoms with E-state index in [2.05, 4.69) is 17.2 Å². The lowest BCUT2D eigenvalue weighted by Crippen LogP contribution is -2.61. The smallest absolute Gasteiger partial charge is 0.220 e. The van der Waals surface area contributed by atoms with E-state index in [9.17, 15) is 9.59 Å². The maximum atomic E-state index is 12.7. The minimum absolute atomic E-state index is 0.0315. The lowest BCUT2D eigenvalue weighted by atomic mass is 9.65. The number of fused-ring (bicyclic) bond motifs is 2. The fourth-order valence-corrected chi connectivity index (χ4v) is 4.73. The van der Waals surface area contributed by atoms with Crippen molar-refractivity contribution in [1.82, 2.24) is 10.3 Å². The van der Waals surface area contributed by atoms with Crippen molar-refractivity contribution in [1.29, 1.82) is 0 Å². The van der Waals surface area contributed by atoms with Crippen LogP contribution in [0.25, 0.3) is 10.9 Å². The number of carbonyl (C=O) groups is 1. The van der Waals surface area contributed by atoms with Gasteiger partial charge in [-0.05, 0) is 38.3 Å². The molecule has 2 fully saturated rings. The van der Waals surface area contributed by atoms with E-state index in [-0.39, 0.29) is 17.4 Å². The maximum absolute atomic E-state index is 12.7. The molecule has 4 atom stereocenters. The maximum Gasteiger partial charge on any atom is 0.220 e. The van der Waals surface area contributed by atoms with Gasteiger partial charge < -0.3 is 15.0 Å². The number of ether oxygens (including phenoxy) is 1. The molecule has 26 heavy (non-hydrogen) atoms. The standard InChI is InChI=1S/C21H26N2O3/c1-3-13-19(16-10-11-26-21(13)16)23-18(24)9-8-14-12(2)22-17-7-5-4-6-15(17)20(14)25/h4-7,13,16,19,21H,3,8-11H2,1-2H3,(H,22,25)(H,23,24)/t13-,16+,19+,21-/m0/s1. The van der Waals surface area contributed by atoms with E-state index >= 15 is 0 Å². The fraction of sp³-hybridized carbons (Fsp3) is 0.524. The first-order valence-electron chi connectivity index (χ1n) is 9.61. The van der Waals surface area contributed by atoms with Gasteiger partial charge in [0, 0.05) is 53.1 Å². The summed E-state index contributed by atoms with van der Waals surface area (Å²) in [5.41, 5.74) is 2.43. The Morgan fingerprint density at radius 1 is 1.35 bits per heavy atom. The summed E-state index contributed by atoms with van der Waals surface area (Å²) < 4.78 is 5.77. The van der Waals surface area contributed by atoms with Gasteiger partial charge in [-0.3, -0.25) is 9.59 Å². The Hall–Kier alpha value is -2.14. The second-order valence-electron chi connectivity index (χ2n) is 7.56. The van der Waals surface area contributed by atoms with Crippen LogP contribution in [0.4, 0.5) is 0 Å². The van der Waals surface area contributed by atoms with Gasteiger partial charge in [-0.1, -0.05) is 19.1 Å². The van der Waals surface area contributed by atoms with Crippen LogP contribution in [-0.4, -0.2) is 29.6 Å². The lowest BCUT2D eigenvalue weighted by molar-refractivity contribution is -0.127. The number of aryl methyl sites for hydroxylation is 1. The summed E-state index contributed by atoms with van der Waals surface area (Å²) in [6, 6.07) is 7.74. The Balaban J connectivity index is 1.43. The van der Waals surface area contributed by atoms with Crippen molar-refractivity contribution in [3.63, 3.8) is 0 Å². The minimum atomic E-state index is 0.0315. The van der Waals surface area contributed by atoms with Gasteiger partial charge >= 0.3 is 0 Å². The van der Waals surface area contributed by atoms with E-state index in [0.717, 1.165) is 30.7 Å². The first kappa shape index (κ1) is 17.3. The van der Waals surface area contributed by atoms with Crippen LogP contribution in [0.3, 0.4) is 0 Å². The van der Waals surface area contributed by atoms with Crippen molar-refractivity contribution in [3.05, 3.63) is 45.7 Å². The molecule has 0 unspecified atom stereocenters. The molecule has 5 heteroatoms. The molecule has 1 amide bonds. The minimum Gasteiger partial charge on any atom is -0.377 e. The van der Waals surface area contributed by atoms with E-state index in [0.29, 0.717) is 41.7 Å². The third-order valence-electron chi connectivity index (χ3n) is 6.15. The van der Waals surface area contributed by atoms with E-state index in [1.54, 1.807) is 0 Å². The van der Waals surface area contributed by atoms with Crippen molar-refractivity contribution >= 4 is 16.8 Å². The van der Waals surface area contributed by atoms with Gasteiger partial charge in [-0.25, -0.2) is 0 Å². The molecule has 1 aliphatic heterocycles. The average Bonchev–Trinajstić information content (AvgIpc) is 3.04. The van der Waals surface area contributed by atoms with E-state index in [1.807, 2.05) is 31.2 Å². The van der Waals surface area contributed by atoms with Crippen LogP contribution < -0.4 is 10.7 Å². The highest BCUT2D eigenvalue weighted by Gasteiger charge is 2.53. The SMILES string of the molecule is CC[C@H]1[C@@H](NC(=O)CCc2c(C)[nH]c3ccccc3c2=O)[C@H]2CCO[C@H]21. The van der Waals surface area contributed by atoms with Crippen molar-refractivity contribution in [2.75, 3.05) is 6.61 Å². The summed E-state index contributed by atoms with van der Waals surface area (Å²) in [6.07, 6.45) is 3.20. The van der Waals surface area contributed by atoms with E-state index in [4.69, 9.17) is 4.74 Å². The van der Waals surface area contributed by atoms with Gasteiger partial charge in [0.2, 0.25) is 5.91 Å². The van der Waals surface area contributed by atoms with Gasteiger partial charge in [-0.15, -0.1) is 0 Å². The Kier molecular flexibility index (Phi) is 4.57. The van der Waals surface area contributed by atoms with Crippen LogP contribution in [0.5, 0.6) is 0 Å². The number of aromatic nitrogens is 1. The first-order valence-corrected chi connectivity index (χ1v) is 9.61. The number of amides is 1. The number of pyridine rings is 1. The second-order valence-corrected chi connectivity index (χ2v) is 7.56. The molecule has 1 aromatic carbocycles. The zero-order chi connectivity index (χ0) is 18.3. The van der Waals surface area contributed by atoms with Gasteiger partial charge in [0.25, 0.3) is 0 Å². The number of hydrogen-bond acceptors (Lipinski definition) is 3. The zero-order valence-corrected chi connectivity index (χ0v) is 15.4. The van der Waals surface area contributed by atoms with Gasteiger partial charge in [0.05, 0.1) is 6.10 Å². The highest BCUT2D eigenvalue weighted by molar-refractivity contribution is 5.80. The van der Waals surface area contributed by atoms with Crippen LogP contribution in [0.1, 0.15) is 37.4 Å². The topological polar surface area (TPSA) is 71.2 Å². The molecule has 2 aliphatic rings. The highest BCUT2D eigenvalue weighted by Crippen LogP contribution is 2.45. The predicted octanol–water partition coefficient (Wildman–Crippen LogP) is 2.70. The molecule has 0 spiro atoms. The molecule has 2 heterocycles. The molecule has 4 rings (SSSR count). The summed E-state index contributed by atoms with van der Waals surface area (Å²) in [6.45, 7) is 4.87. The normalized spacial score (nSPS) is 27.2. The number of nitrogens with one attached hydrogen (secondary N) is 2. The number of aromatic amines is 1. The molecule has 138 valence electrons. The van der Waals surface area contributed by atoms with Crippen LogP contribution in [0.2, 0.25) is 0 Å². The van der Waals surface area contributed by atoms with Crippen LogP contribution >= 0.6 is 0 Å². The molecule has 1 saturated heterocycles. The van der Waals surface area contributed by atoms with Crippen molar-refractivity contribution in [3.8, 4) is 0 Å². The van der Waals surface area contributed by atoms with Gasteiger partial charge in [0.15, 0.2) is 5.43 Å². The number of hydrogen-bond donors (Lipinski definition) is 2. The molecule has 0 bridgehead atoms. The van der Waals surface area contributed by atoms with Gasteiger partial charge in [0.1, 0.15) is 0 Å². The number of benzene rings is 1. The molecule has 1 aromatic heterocycles. The summed E-state index contributed by atoms with van der Waals surface area (Å²) in [5, 5.41) is 3.89. The van der Waals surface area contributed by atoms with Crippen molar-refractivity contribution < 1.29 is 9.53 Å². The van der Waals surface area contributed by atoms with E-state index < -0.39 is 0 Å². The van der Waals surface area contributed by atoms with Gasteiger partial charge in [-0.2, -0.15) is 0 Å². The summed E-state index contributed by atoms with van der Waals surface area (Å²) in [4.78, 5) is 28.5. The number of para-hydroxylation sites is 1. The monoisotopic (exact) mass is 354 g/mol. The number of carbonyl (C=O) groups excluding carboxylic acids is 1. The Morgan fingerprint density at radius 3 is 2.96 bits per heavy atom. The summed E-state index contributed by atoms with van der Waals surface area (Å²) >= 11 is 0. The van der Waals surface area contributed by atoms with Crippen molar-refractivity contribution in [2.24, 2.45) is 11.8 Å². The third-order valence-corrected chi connectivity index (χ3v) is 6.15. The zero-order valence-electron chi connectivity index (χ0n) is 15.4. The molecular weight excluding hydrogens is 328 g/mol. The predicted molar refractivity (Wildman–Crippen MR) is 101 cm³/mol. The molecule has 2 aromatic rings. The largest absolute Gasteiger partial charge is 0.377 e. The number of rotatable bonds is 5. The summed E-state index contributed by atoms with van der Waals surface area (Å²) in [7, 11) is 0. The average molecular weight is 354 g/mol. The molecule has 2 N–H and O–H groups in total. The van der Waals surface area contributed by atoms with E-state index in [1.165, 1.54) is 0 Å². The van der Waals surface area contributed by atoms with Crippen LogP contribution in [-0.2, 0) is 16.0 Å². The lowest BCUT2D eigenvalue weighted by Gasteiger charge is -2.47. The molecule has 1 saturated carbocycles. The van der Waals surface area contributed by atoms with Crippen molar-refractivity contribution in [2.45, 2.75) is 51.7 Å². The quantitative estimate of drug-likeness (QED) is 0.867. The fourth-order valence-electron chi connectivity index (χ4n) is 4.73. The first-order chi connectivity index (χ1) is 12.6. The molecule has 5 nitrogen and oxygen atoms in total. The molecule has 0 radical (unpaired) electrons. The number of H-pyrrole nitrogens is 1. The third kappa shape index (κ3) is 2.84. The summed E-state index contributed by atoms with van der Waals surface area (Å²) in [5.74, 6) is 0.928. The second kappa shape index (κ2) is 6.88. The molecular formula is C21H26N2O3. The Labute approximate surface area is 153 Å². The van der Waals surface area contributed by atoms with Crippen LogP contribution in [0, 0.1) is 18.8 Å². The Morgan fingerprint density at radius 2 is 2.15 bits per heavy atom. The highest BCUT2D eigenvalue weighted by atomic mass is 16.5. The molecule has 1 aliphatic carbocycles. The Bertz CT molecular complexity index is 888.